The number of aldehydes is 1. The number of nitrogens with zero attached hydrogens (tertiary/aromatic N) is 2. The Balaban J connectivity index is 1.70. The monoisotopic (exact) mass is 382 g/mol. The summed E-state index contributed by atoms with van der Waals surface area (Å²) >= 11 is 0. The van der Waals surface area contributed by atoms with E-state index < -0.39 is 0 Å². The molecule has 1 saturated carbocycles. The zero-order chi connectivity index (χ0) is 20.1. The molecule has 5 heteroatoms. The lowest BCUT2D eigenvalue weighted by Gasteiger charge is -2.37. The Morgan fingerprint density at radius 1 is 1.39 bits per heavy atom. The van der Waals surface area contributed by atoms with Crippen LogP contribution >= 0.6 is 0 Å². The van der Waals surface area contributed by atoms with Gasteiger partial charge in [-0.1, -0.05) is 18.2 Å². The van der Waals surface area contributed by atoms with Gasteiger partial charge in [0.1, 0.15) is 17.9 Å². The van der Waals surface area contributed by atoms with Gasteiger partial charge in [-0.2, -0.15) is 0 Å². The summed E-state index contributed by atoms with van der Waals surface area (Å²) in [5.41, 5.74) is 2.28. The molecule has 1 unspecified atom stereocenters. The minimum absolute atomic E-state index is 0.117. The van der Waals surface area contributed by atoms with Crippen molar-refractivity contribution in [3.05, 3.63) is 53.4 Å². The van der Waals surface area contributed by atoms with Gasteiger partial charge in [-0.25, -0.2) is 4.39 Å². The number of Topliss-reactive ketones (excluding diaryl/α,β-unsaturated/α-hetero) is 1. The number of hydrogen-bond acceptors (Lipinski definition) is 4. The second kappa shape index (κ2) is 9.20. The number of halogens is 1. The molecule has 1 fully saturated rings. The van der Waals surface area contributed by atoms with Crippen molar-refractivity contribution in [3.63, 3.8) is 0 Å². The summed E-state index contributed by atoms with van der Waals surface area (Å²) in [6.45, 7) is 6.82. The zero-order valence-electron chi connectivity index (χ0n) is 16.3. The predicted molar refractivity (Wildman–Crippen MR) is 110 cm³/mol. The van der Waals surface area contributed by atoms with E-state index in [4.69, 9.17) is 0 Å². The molecule has 0 amide bonds. The fraction of sp³-hybridized carbons (Fsp3) is 0.435. The molecule has 3 rings (SSSR count). The molecular formula is C23H27FN2O2. The summed E-state index contributed by atoms with van der Waals surface area (Å²) in [6.07, 6.45) is 9.46. The molecule has 148 valence electrons. The van der Waals surface area contributed by atoms with Crippen molar-refractivity contribution >= 4 is 24.5 Å². The van der Waals surface area contributed by atoms with Crippen LogP contribution in [0.15, 0.2) is 47.2 Å². The zero-order valence-corrected chi connectivity index (χ0v) is 16.3. The van der Waals surface area contributed by atoms with Gasteiger partial charge >= 0.3 is 0 Å². The molecule has 0 aromatic heterocycles. The van der Waals surface area contributed by atoms with Gasteiger partial charge in [0.15, 0.2) is 0 Å². The van der Waals surface area contributed by atoms with Gasteiger partial charge in [0.2, 0.25) is 0 Å². The van der Waals surface area contributed by atoms with E-state index in [0.29, 0.717) is 35.9 Å². The van der Waals surface area contributed by atoms with Gasteiger partial charge in [0.25, 0.3) is 0 Å². The quantitative estimate of drug-likeness (QED) is 0.454. The van der Waals surface area contributed by atoms with Crippen LogP contribution in [-0.2, 0) is 11.3 Å². The van der Waals surface area contributed by atoms with E-state index in [1.165, 1.54) is 6.08 Å². The van der Waals surface area contributed by atoms with Crippen LogP contribution in [0.2, 0.25) is 0 Å². The Labute approximate surface area is 165 Å². The van der Waals surface area contributed by atoms with Gasteiger partial charge in [0, 0.05) is 24.1 Å². The number of carbonyl (C=O) groups excluding carboxylic acids is 2. The van der Waals surface area contributed by atoms with Crippen molar-refractivity contribution in [1.82, 2.24) is 4.90 Å². The van der Waals surface area contributed by atoms with Crippen molar-refractivity contribution in [2.75, 3.05) is 6.54 Å². The first kappa shape index (κ1) is 20.3. The number of allylic oxidation sites excluding steroid dienone is 2. The second-order valence-electron chi connectivity index (χ2n) is 7.82. The molecule has 1 aromatic carbocycles. The molecule has 4 nitrogen and oxygen atoms in total. The summed E-state index contributed by atoms with van der Waals surface area (Å²) in [6, 6.07) is 5.56. The topological polar surface area (TPSA) is 49.7 Å². The van der Waals surface area contributed by atoms with Crippen LogP contribution in [0.5, 0.6) is 0 Å². The molecule has 0 bridgehead atoms. The first-order valence-electron chi connectivity index (χ1n) is 9.83. The van der Waals surface area contributed by atoms with Crippen LogP contribution in [0, 0.1) is 11.8 Å². The minimum atomic E-state index is -0.191. The van der Waals surface area contributed by atoms with E-state index in [-0.39, 0.29) is 17.8 Å². The second-order valence-corrected chi connectivity index (χ2v) is 7.82. The van der Waals surface area contributed by atoms with Gasteiger partial charge in [0.05, 0.1) is 5.69 Å². The smallest absolute Gasteiger partial charge is 0.150 e. The molecular weight excluding hydrogens is 355 g/mol. The van der Waals surface area contributed by atoms with Crippen molar-refractivity contribution < 1.29 is 14.0 Å². The molecule has 0 spiro atoms. The van der Waals surface area contributed by atoms with Crippen LogP contribution in [0.25, 0.3) is 0 Å². The first-order chi connectivity index (χ1) is 13.5. The van der Waals surface area contributed by atoms with Crippen molar-refractivity contribution in [2.45, 2.75) is 45.2 Å². The maximum Gasteiger partial charge on any atom is 0.150 e. The number of aliphatic imine (C=N–C) groups is 1. The third kappa shape index (κ3) is 4.90. The SMILES string of the molecule is C=Nc1cc(C=O)ccc1CN(CCC1CC(C(C)=O)C1)C1C=CC(F)=CC1. The fourth-order valence-electron chi connectivity index (χ4n) is 4.02. The molecule has 0 radical (unpaired) electrons. The maximum absolute atomic E-state index is 13.4. The average molecular weight is 382 g/mol. The van der Waals surface area contributed by atoms with Crippen molar-refractivity contribution in [3.8, 4) is 0 Å². The average Bonchev–Trinajstić information content (AvgIpc) is 2.66. The lowest BCUT2D eigenvalue weighted by atomic mass is 9.71. The highest BCUT2D eigenvalue weighted by molar-refractivity contribution is 5.79. The van der Waals surface area contributed by atoms with Gasteiger partial charge in [-0.15, -0.1) is 0 Å². The Morgan fingerprint density at radius 3 is 2.79 bits per heavy atom. The van der Waals surface area contributed by atoms with E-state index in [0.717, 1.165) is 37.7 Å². The Kier molecular flexibility index (Phi) is 6.68. The Hall–Kier alpha value is -2.40. The normalized spacial score (nSPS) is 23.8. The minimum Gasteiger partial charge on any atom is -0.300 e. The molecule has 1 atom stereocenters. The molecule has 2 aliphatic rings. The Morgan fingerprint density at radius 2 is 2.18 bits per heavy atom. The lowest BCUT2D eigenvalue weighted by Crippen LogP contribution is -2.38. The molecule has 2 aliphatic carbocycles. The highest BCUT2D eigenvalue weighted by atomic mass is 19.1. The summed E-state index contributed by atoms with van der Waals surface area (Å²) < 4.78 is 13.4. The van der Waals surface area contributed by atoms with Crippen LogP contribution in [0.4, 0.5) is 10.1 Å². The van der Waals surface area contributed by atoms with E-state index >= 15 is 0 Å². The molecule has 0 heterocycles. The standard InChI is InChI=1S/C23H27FN2O2/c1-16(28)20-11-17(12-20)9-10-26(22-7-5-21(24)6-8-22)14-19-4-3-18(15-27)13-23(19)25-2/h3-7,13,15,17,20,22H,2,8-12,14H2,1H3. The van der Waals surface area contributed by atoms with Crippen molar-refractivity contribution in [1.29, 1.82) is 0 Å². The molecule has 0 saturated heterocycles. The molecule has 0 N–H and O–H groups in total. The van der Waals surface area contributed by atoms with Crippen LogP contribution < -0.4 is 0 Å². The maximum atomic E-state index is 13.4. The fourth-order valence-corrected chi connectivity index (χ4v) is 4.02. The summed E-state index contributed by atoms with van der Waals surface area (Å²) in [5.74, 6) is 0.910. The number of benzene rings is 1. The highest BCUT2D eigenvalue weighted by Crippen LogP contribution is 2.37. The van der Waals surface area contributed by atoms with E-state index in [1.807, 2.05) is 12.1 Å². The largest absolute Gasteiger partial charge is 0.300 e. The number of rotatable bonds is 9. The third-order valence-corrected chi connectivity index (χ3v) is 5.93. The Bertz CT molecular complexity index is 809. The number of ketones is 1. The summed E-state index contributed by atoms with van der Waals surface area (Å²) in [4.78, 5) is 28.9. The third-order valence-electron chi connectivity index (χ3n) is 5.93. The molecule has 0 aliphatic heterocycles. The van der Waals surface area contributed by atoms with E-state index in [2.05, 4.69) is 16.6 Å². The van der Waals surface area contributed by atoms with Gasteiger partial charge in [-0.3, -0.25) is 19.5 Å². The number of hydrogen-bond donors (Lipinski definition) is 0. The van der Waals surface area contributed by atoms with Crippen LogP contribution in [0.1, 0.15) is 48.5 Å². The van der Waals surface area contributed by atoms with Gasteiger partial charge in [-0.05, 0) is 75.6 Å². The van der Waals surface area contributed by atoms with Crippen molar-refractivity contribution in [2.24, 2.45) is 16.8 Å². The highest BCUT2D eigenvalue weighted by Gasteiger charge is 2.32. The summed E-state index contributed by atoms with van der Waals surface area (Å²) in [7, 11) is 0. The van der Waals surface area contributed by atoms with Crippen LogP contribution in [0.3, 0.4) is 0 Å². The first-order valence-corrected chi connectivity index (χ1v) is 9.83. The lowest BCUT2D eigenvalue weighted by molar-refractivity contribution is -0.124. The van der Waals surface area contributed by atoms with E-state index in [1.54, 1.807) is 25.1 Å². The predicted octanol–water partition coefficient (Wildman–Crippen LogP) is 4.82. The summed E-state index contributed by atoms with van der Waals surface area (Å²) in [5, 5.41) is 0. The van der Waals surface area contributed by atoms with Crippen LogP contribution in [-0.4, -0.2) is 36.3 Å². The number of carbonyl (C=O) groups is 2. The molecule has 1 aromatic rings. The van der Waals surface area contributed by atoms with Gasteiger partial charge < -0.3 is 0 Å². The molecule has 28 heavy (non-hydrogen) atoms. The van der Waals surface area contributed by atoms with E-state index in [9.17, 15) is 14.0 Å².